The van der Waals surface area contributed by atoms with Crippen LogP contribution in [0.15, 0.2) is 54.6 Å². The van der Waals surface area contributed by atoms with E-state index in [4.69, 9.17) is 29.4 Å². The summed E-state index contributed by atoms with van der Waals surface area (Å²) in [6, 6.07) is 18.6. The molecule has 13 heteroatoms. The fraction of sp³-hybridized carbons (Fsp3) is 0.595. The molecule has 4 amide bonds. The maximum Gasteiger partial charge on any atom is 0.320 e. The quantitative estimate of drug-likeness (QED) is 0.199. The number of carbonyl (C=O) groups excluding carboxylic acids is 3. The summed E-state index contributed by atoms with van der Waals surface area (Å²) in [5.74, 6) is 1.04. The molecule has 3 saturated heterocycles. The highest BCUT2D eigenvalue weighted by Gasteiger charge is 2.38. The molecule has 50 heavy (non-hydrogen) atoms. The molecule has 0 spiro atoms. The Bertz CT molecular complexity index is 1340. The number of carbonyl (C=O) groups is 3. The number of morpholine rings is 1. The van der Waals surface area contributed by atoms with Crippen LogP contribution >= 0.6 is 0 Å². The maximum atomic E-state index is 13.5. The molecule has 13 nitrogen and oxygen atoms in total. The van der Waals surface area contributed by atoms with Crippen LogP contribution in [0.25, 0.3) is 0 Å². The minimum Gasteiger partial charge on any atom is -0.492 e. The van der Waals surface area contributed by atoms with E-state index < -0.39 is 0 Å². The molecule has 3 heterocycles. The van der Waals surface area contributed by atoms with Gasteiger partial charge in [0, 0.05) is 45.1 Å². The molecule has 2 aromatic carbocycles. The standard InChI is InChI=1S/C37H53N5O8/c38-13-19-47-22-24-48-23-21-46-18-12-34(43)39-14-20-49-31-8-4-7-30(25-31)36(28-5-2-1-3-6-28)29-9-15-41(16-10-29)37(45)42-17-11-33-32(26-42)40-35(44)27-50-33/h1-8,25,29,32-33,36H,9-24,26-27,38H2,(H,39,43)(H,40,44)/t32-,33?,36-/m1/s1. The minimum absolute atomic E-state index is 0.0205. The van der Waals surface area contributed by atoms with E-state index in [1.54, 1.807) is 0 Å². The number of nitrogens with zero attached hydrogens (tertiary/aromatic N) is 2. The van der Waals surface area contributed by atoms with Gasteiger partial charge in [0.2, 0.25) is 11.8 Å². The Balaban J connectivity index is 1.05. The first-order valence-corrected chi connectivity index (χ1v) is 17.9. The SMILES string of the molecule is NCCOCCOCCOCCC(=O)NCCOc1cccc([C@H](c2ccccc2)C2CCN(C(=O)N3CCC4OCC(=O)N[C@@H]4C3)CC2)c1. The number of benzene rings is 2. The van der Waals surface area contributed by atoms with Crippen LogP contribution in [0.5, 0.6) is 5.75 Å². The van der Waals surface area contributed by atoms with Crippen molar-refractivity contribution in [2.75, 3.05) is 92.1 Å². The van der Waals surface area contributed by atoms with Gasteiger partial charge in [0.15, 0.2) is 0 Å². The van der Waals surface area contributed by atoms with Crippen LogP contribution in [0.2, 0.25) is 0 Å². The normalized spacial score (nSPS) is 20.1. The summed E-state index contributed by atoms with van der Waals surface area (Å²) in [7, 11) is 0. The number of amides is 4. The lowest BCUT2D eigenvalue weighted by Gasteiger charge is -2.44. The van der Waals surface area contributed by atoms with Gasteiger partial charge < -0.3 is 49.9 Å². The van der Waals surface area contributed by atoms with Crippen molar-refractivity contribution in [3.63, 3.8) is 0 Å². The highest BCUT2D eigenvalue weighted by molar-refractivity contribution is 5.79. The third-order valence-corrected chi connectivity index (χ3v) is 9.42. The van der Waals surface area contributed by atoms with E-state index in [0.29, 0.717) is 91.4 Å². The third kappa shape index (κ3) is 11.4. The monoisotopic (exact) mass is 695 g/mol. The highest BCUT2D eigenvalue weighted by atomic mass is 16.5. The van der Waals surface area contributed by atoms with Gasteiger partial charge in [0.25, 0.3) is 0 Å². The van der Waals surface area contributed by atoms with Crippen molar-refractivity contribution < 1.29 is 38.1 Å². The predicted molar refractivity (Wildman–Crippen MR) is 187 cm³/mol. The van der Waals surface area contributed by atoms with E-state index in [9.17, 15) is 14.4 Å². The van der Waals surface area contributed by atoms with Gasteiger partial charge in [-0.05, 0) is 48.4 Å². The van der Waals surface area contributed by atoms with Gasteiger partial charge in [-0.25, -0.2) is 4.79 Å². The molecule has 1 unspecified atom stereocenters. The highest BCUT2D eigenvalue weighted by Crippen LogP contribution is 2.39. The van der Waals surface area contributed by atoms with Crippen LogP contribution in [0.4, 0.5) is 4.79 Å². The molecule has 274 valence electrons. The zero-order valence-electron chi connectivity index (χ0n) is 29.0. The molecule has 2 aromatic rings. The van der Waals surface area contributed by atoms with Crippen LogP contribution in [0, 0.1) is 5.92 Å². The molecule has 0 radical (unpaired) electrons. The number of hydrogen-bond donors (Lipinski definition) is 3. The molecule has 3 fully saturated rings. The van der Waals surface area contributed by atoms with Crippen LogP contribution in [0.3, 0.4) is 0 Å². The number of nitrogens with two attached hydrogens (primary N) is 1. The van der Waals surface area contributed by atoms with Crippen molar-refractivity contribution in [3.8, 4) is 5.75 Å². The number of urea groups is 1. The third-order valence-electron chi connectivity index (χ3n) is 9.42. The summed E-state index contributed by atoms with van der Waals surface area (Å²) in [5, 5.41) is 5.88. The molecule has 0 saturated carbocycles. The smallest absolute Gasteiger partial charge is 0.320 e. The molecule has 0 bridgehead atoms. The van der Waals surface area contributed by atoms with Crippen molar-refractivity contribution >= 4 is 17.8 Å². The lowest BCUT2D eigenvalue weighted by atomic mass is 9.76. The van der Waals surface area contributed by atoms with E-state index >= 15 is 0 Å². The minimum atomic E-state index is -0.145. The number of fused-ring (bicyclic) bond motifs is 1. The Kier molecular flexibility index (Phi) is 15.1. The number of ether oxygens (including phenoxy) is 5. The zero-order valence-corrected chi connectivity index (χ0v) is 29.0. The zero-order chi connectivity index (χ0) is 35.0. The van der Waals surface area contributed by atoms with Gasteiger partial charge in [0.05, 0.1) is 58.3 Å². The van der Waals surface area contributed by atoms with Crippen molar-refractivity contribution in [3.05, 3.63) is 65.7 Å². The van der Waals surface area contributed by atoms with Gasteiger partial charge in [0.1, 0.15) is 19.0 Å². The predicted octanol–water partition coefficient (Wildman–Crippen LogP) is 2.13. The Morgan fingerprint density at radius 1 is 0.860 bits per heavy atom. The molecule has 0 aliphatic carbocycles. The van der Waals surface area contributed by atoms with Gasteiger partial charge >= 0.3 is 6.03 Å². The van der Waals surface area contributed by atoms with Crippen molar-refractivity contribution in [2.24, 2.45) is 11.7 Å². The Labute approximate surface area is 295 Å². The Morgan fingerprint density at radius 3 is 2.32 bits per heavy atom. The average molecular weight is 696 g/mol. The van der Waals surface area contributed by atoms with E-state index in [-0.39, 0.29) is 48.9 Å². The molecule has 3 aliphatic heterocycles. The van der Waals surface area contributed by atoms with E-state index in [0.717, 1.165) is 25.0 Å². The van der Waals surface area contributed by atoms with E-state index in [1.807, 2.05) is 28.0 Å². The summed E-state index contributed by atoms with van der Waals surface area (Å²) >= 11 is 0. The molecule has 4 N–H and O–H groups in total. The second-order valence-corrected chi connectivity index (χ2v) is 12.9. The van der Waals surface area contributed by atoms with Crippen molar-refractivity contribution in [1.29, 1.82) is 0 Å². The van der Waals surface area contributed by atoms with Gasteiger partial charge in [-0.15, -0.1) is 0 Å². The number of nitrogens with one attached hydrogen (secondary N) is 2. The molecule has 3 aliphatic rings. The fourth-order valence-electron chi connectivity index (χ4n) is 6.93. The van der Waals surface area contributed by atoms with Gasteiger partial charge in [-0.2, -0.15) is 0 Å². The van der Waals surface area contributed by atoms with Crippen molar-refractivity contribution in [2.45, 2.75) is 43.7 Å². The molecular weight excluding hydrogens is 642 g/mol. The van der Waals surface area contributed by atoms with Gasteiger partial charge in [-0.3, -0.25) is 9.59 Å². The largest absolute Gasteiger partial charge is 0.492 e. The Morgan fingerprint density at radius 2 is 1.56 bits per heavy atom. The second-order valence-electron chi connectivity index (χ2n) is 12.9. The molecule has 5 rings (SSSR count). The van der Waals surface area contributed by atoms with Gasteiger partial charge in [-0.1, -0.05) is 42.5 Å². The average Bonchev–Trinajstić information content (AvgIpc) is 3.14. The Hall–Kier alpha value is -3.75. The fourth-order valence-corrected chi connectivity index (χ4v) is 6.93. The first-order valence-electron chi connectivity index (χ1n) is 17.9. The summed E-state index contributed by atoms with van der Waals surface area (Å²) < 4.78 is 27.9. The van der Waals surface area contributed by atoms with E-state index in [2.05, 4.69) is 47.0 Å². The summed E-state index contributed by atoms with van der Waals surface area (Å²) in [5.41, 5.74) is 7.77. The lowest BCUT2D eigenvalue weighted by molar-refractivity contribution is -0.139. The first-order chi connectivity index (χ1) is 24.5. The number of hydrogen-bond acceptors (Lipinski definition) is 9. The van der Waals surface area contributed by atoms with Crippen molar-refractivity contribution in [1.82, 2.24) is 20.4 Å². The summed E-state index contributed by atoms with van der Waals surface area (Å²) in [4.78, 5) is 41.4. The number of likely N-dealkylation sites (tertiary alicyclic amines) is 2. The number of piperidine rings is 2. The van der Waals surface area contributed by atoms with Crippen LogP contribution in [0.1, 0.15) is 42.7 Å². The first kappa shape index (κ1) is 37.5. The van der Waals surface area contributed by atoms with Crippen LogP contribution < -0.4 is 21.1 Å². The molecule has 0 aromatic heterocycles. The molecular formula is C37H53N5O8. The lowest BCUT2D eigenvalue weighted by Crippen LogP contribution is -2.62. The topological polar surface area (TPSA) is 154 Å². The van der Waals surface area contributed by atoms with Crippen LogP contribution in [-0.4, -0.2) is 132 Å². The van der Waals surface area contributed by atoms with E-state index in [1.165, 1.54) is 11.1 Å². The summed E-state index contributed by atoms with van der Waals surface area (Å²) in [6.45, 7) is 6.52. The second kappa shape index (κ2) is 20.2. The van der Waals surface area contributed by atoms with Crippen LogP contribution in [-0.2, 0) is 28.5 Å². The number of rotatable bonds is 18. The molecule has 3 atom stereocenters. The maximum absolute atomic E-state index is 13.5. The summed E-state index contributed by atoms with van der Waals surface area (Å²) in [6.07, 6.45) is 2.73.